The average Bonchev–Trinajstić information content (AvgIpc) is 3.64. The van der Waals surface area contributed by atoms with Crippen LogP contribution in [0.15, 0.2) is 90.0 Å². The van der Waals surface area contributed by atoms with Gasteiger partial charge in [-0.3, -0.25) is 23.2 Å². The highest BCUT2D eigenvalue weighted by molar-refractivity contribution is 7.61. The van der Waals surface area contributed by atoms with Crippen LogP contribution in [0.5, 0.6) is 0 Å². The van der Waals surface area contributed by atoms with Gasteiger partial charge in [-0.15, -0.1) is 0 Å². The number of carbonyl (C=O) groups is 2. The number of hydrogen-bond donors (Lipinski definition) is 8. The summed E-state index contributed by atoms with van der Waals surface area (Å²) in [6, 6.07) is 1.22. The van der Waals surface area contributed by atoms with Crippen LogP contribution in [-0.2, 0) is 46.3 Å². The number of rotatable bonds is 42. The Morgan fingerprint density at radius 2 is 1.33 bits per heavy atom. The molecule has 1 aromatic rings. The third-order valence-electron chi connectivity index (χ3n) is 11.6. The Hall–Kier alpha value is -3.92. The zero-order chi connectivity index (χ0) is 55.3. The number of ether oxygens (including phenoxy) is 3. The Labute approximate surface area is 442 Å². The average molecular weight is 1100 g/mol. The van der Waals surface area contributed by atoms with Gasteiger partial charge >= 0.3 is 33.3 Å². The van der Waals surface area contributed by atoms with E-state index in [1.165, 1.54) is 56.7 Å². The number of carbonyl (C=O) groups excluding carboxylic acids is 2. The highest BCUT2D eigenvalue weighted by Gasteiger charge is 2.46. The van der Waals surface area contributed by atoms with Crippen molar-refractivity contribution in [2.75, 3.05) is 25.6 Å². The lowest BCUT2D eigenvalue weighted by molar-refractivity contribution is -0.161. The summed E-state index contributed by atoms with van der Waals surface area (Å²) in [6.45, 7) is 1.62. The molecule has 2 rings (SSSR count). The van der Waals surface area contributed by atoms with E-state index >= 15 is 0 Å². The first-order chi connectivity index (χ1) is 35.9. The van der Waals surface area contributed by atoms with Crippen LogP contribution in [0.2, 0.25) is 0 Å². The summed E-state index contributed by atoms with van der Waals surface area (Å²) in [7, 11) is -11.0. The number of aliphatic hydroxyl groups is 5. The van der Waals surface area contributed by atoms with Crippen molar-refractivity contribution in [3.05, 3.63) is 95.7 Å². The van der Waals surface area contributed by atoms with Crippen molar-refractivity contribution < 1.29 is 81.6 Å². The van der Waals surface area contributed by atoms with Crippen LogP contribution >= 0.6 is 15.6 Å². The Morgan fingerprint density at radius 3 is 1.97 bits per heavy atom. The van der Waals surface area contributed by atoms with Crippen LogP contribution in [-0.4, -0.2) is 119 Å². The fourth-order valence-corrected chi connectivity index (χ4v) is 9.52. The maximum atomic E-state index is 12.9. The van der Waals surface area contributed by atoms with E-state index in [1.54, 1.807) is 36.5 Å². The number of phosphoric ester groups is 2. The second-order valence-corrected chi connectivity index (χ2v) is 21.3. The lowest BCUT2D eigenvalue weighted by Crippen LogP contribution is -2.36. The van der Waals surface area contributed by atoms with Gasteiger partial charge in [-0.05, 0) is 63.9 Å². The van der Waals surface area contributed by atoms with Crippen LogP contribution in [0.25, 0.3) is 0 Å². The molecule has 0 bridgehead atoms. The van der Waals surface area contributed by atoms with E-state index in [4.69, 9.17) is 29.0 Å². The summed E-state index contributed by atoms with van der Waals surface area (Å²) in [5.41, 5.74) is 4.55. The summed E-state index contributed by atoms with van der Waals surface area (Å²) in [5, 5.41) is 51.6. The smallest absolute Gasteiger partial charge is 0.462 e. The molecular weight excluding hydrogens is 1020 g/mol. The van der Waals surface area contributed by atoms with E-state index in [-0.39, 0.29) is 31.5 Å². The molecule has 9 N–H and O–H groups in total. The molecule has 23 heteroatoms. The van der Waals surface area contributed by atoms with Gasteiger partial charge in [0.25, 0.3) is 0 Å². The molecule has 10 atom stereocenters. The molecule has 1 fully saturated rings. The Morgan fingerprint density at radius 1 is 0.747 bits per heavy atom. The second kappa shape index (κ2) is 39.4. The van der Waals surface area contributed by atoms with E-state index in [9.17, 15) is 58.8 Å². The van der Waals surface area contributed by atoms with Crippen molar-refractivity contribution in [2.45, 2.75) is 198 Å². The molecular formula is C52H85N3O18P2. The van der Waals surface area contributed by atoms with Crippen molar-refractivity contribution >= 4 is 33.4 Å². The minimum atomic E-state index is -5.52. The fourth-order valence-electron chi connectivity index (χ4n) is 7.41. The van der Waals surface area contributed by atoms with Crippen LogP contribution < -0.4 is 11.4 Å². The lowest BCUT2D eigenvalue weighted by atomic mass is 10.1. The first kappa shape index (κ1) is 67.2. The number of nitrogen functional groups attached to an aromatic ring is 1. The van der Waals surface area contributed by atoms with Gasteiger partial charge in [-0.25, -0.2) is 13.9 Å². The number of hydrogen-bond acceptors (Lipinski definition) is 18. The van der Waals surface area contributed by atoms with Gasteiger partial charge < -0.3 is 55.3 Å². The zero-order valence-electron chi connectivity index (χ0n) is 43.7. The quantitative estimate of drug-likeness (QED) is 0.0102. The molecule has 75 heavy (non-hydrogen) atoms. The summed E-state index contributed by atoms with van der Waals surface area (Å²) >= 11 is 0. The molecule has 1 aromatic heterocycles. The van der Waals surface area contributed by atoms with Gasteiger partial charge in [0.05, 0.1) is 31.5 Å². The number of esters is 2. The van der Waals surface area contributed by atoms with E-state index in [2.05, 4.69) is 28.4 Å². The summed E-state index contributed by atoms with van der Waals surface area (Å²) < 4.78 is 56.5. The predicted octanol–water partition coefficient (Wildman–Crippen LogP) is 7.80. The van der Waals surface area contributed by atoms with E-state index in [0.29, 0.717) is 12.8 Å². The molecule has 0 spiro atoms. The lowest BCUT2D eigenvalue weighted by Gasteiger charge is -2.21. The van der Waals surface area contributed by atoms with Crippen molar-refractivity contribution in [1.82, 2.24) is 9.55 Å². The van der Waals surface area contributed by atoms with Crippen molar-refractivity contribution in [3.8, 4) is 0 Å². The molecule has 1 saturated heterocycles. The maximum absolute atomic E-state index is 12.9. The fraction of sp³-hybridized carbons (Fsp3) is 0.654. The van der Waals surface area contributed by atoms with Crippen molar-refractivity contribution in [3.63, 3.8) is 0 Å². The highest BCUT2D eigenvalue weighted by Crippen LogP contribution is 2.60. The first-order valence-corrected chi connectivity index (χ1v) is 29.3. The van der Waals surface area contributed by atoms with Crippen molar-refractivity contribution in [2.24, 2.45) is 0 Å². The summed E-state index contributed by atoms with van der Waals surface area (Å²) in [5.74, 6) is -1.66. The number of nitrogens with zero attached hydrogens (tertiary/aromatic N) is 2. The second-order valence-electron chi connectivity index (χ2n) is 18.2. The summed E-state index contributed by atoms with van der Waals surface area (Å²) in [6.07, 6.45) is 29.1. The predicted molar refractivity (Wildman–Crippen MR) is 283 cm³/mol. The molecule has 0 aromatic carbocycles. The van der Waals surface area contributed by atoms with E-state index < -0.39 is 102 Å². The zero-order valence-corrected chi connectivity index (χ0v) is 45.4. The molecule has 0 aliphatic carbocycles. The largest absolute Gasteiger partial charge is 0.481 e. The minimum absolute atomic E-state index is 0.0248. The molecule has 426 valence electrons. The van der Waals surface area contributed by atoms with E-state index in [1.807, 2.05) is 19.1 Å². The number of allylic oxidation sites excluding steroid dienone is 9. The summed E-state index contributed by atoms with van der Waals surface area (Å²) in [4.78, 5) is 62.0. The maximum Gasteiger partial charge on any atom is 0.481 e. The van der Waals surface area contributed by atoms with Crippen molar-refractivity contribution in [1.29, 1.82) is 0 Å². The molecule has 2 heterocycles. The van der Waals surface area contributed by atoms with Gasteiger partial charge in [0, 0.05) is 19.0 Å². The topological polar surface area (TPSA) is 326 Å². The molecule has 2 unspecified atom stereocenters. The van der Waals surface area contributed by atoms with Crippen LogP contribution in [0, 0.1) is 0 Å². The third kappa shape index (κ3) is 31.8. The normalized spacial score (nSPS) is 20.7. The van der Waals surface area contributed by atoms with Gasteiger partial charge in [-0.2, -0.15) is 9.29 Å². The Balaban J connectivity index is 1.88. The number of phosphoric acid groups is 2. The molecule has 1 aliphatic heterocycles. The Bertz CT molecular complexity index is 2100. The highest BCUT2D eigenvalue weighted by atomic mass is 31.3. The van der Waals surface area contributed by atoms with Crippen LogP contribution in [0.1, 0.15) is 155 Å². The number of aliphatic hydroxyl groups excluding tert-OH is 5. The molecule has 0 amide bonds. The third-order valence-corrected chi connectivity index (χ3v) is 14.2. The SMILES string of the molecule is CC/C=C\C[C@H](O)/C=C/C=C/C=C\C=C/[C@@H](O)[C@H](O)CCCC(=O)O[C@H](COC(=O)CCCCCCCCC/C=C\CCCCCCCC)COP(=O)(O)OP(=O)(O)OC[C@H]1O[C@@H](n2ccc(N)nc2=O)[C@H](O)[C@@H]1O. The molecule has 21 nitrogen and oxygen atoms in total. The minimum Gasteiger partial charge on any atom is -0.462 e. The monoisotopic (exact) mass is 1100 g/mol. The van der Waals surface area contributed by atoms with Gasteiger partial charge in [0.1, 0.15) is 30.7 Å². The molecule has 0 saturated carbocycles. The standard InChI is InChI=1S/C52H85N3O18P2/c1-3-5-7-8-9-10-11-12-13-14-15-16-17-18-19-24-28-34-47(59)68-38-42(71-48(60)35-29-33-44(58)43(57)32-27-23-21-20-22-26-31-41(56)30-25-6-4-2)39-69-74(64,65)73-75(66,67)70-40-45-49(61)50(62)51(72-45)55-37-36-46(53)54-52(55)63/h6,12-13,20-23,25-27,31-32,36-37,41-45,49-51,56-58,61-62H,3-5,7-11,14-19,24,28-30,33-35,38-40H2,1-2H3,(H,64,65)(H,66,67)(H2,53,54,63)/b13-12-,22-20+,23-21-,25-6-,31-26+,32-27-/t41-,42+,43+,44+,45+,49+,50+,51+/m0/s1. The number of nitrogens with two attached hydrogens (primary N) is 1. The molecule has 0 radical (unpaired) electrons. The van der Waals surface area contributed by atoms with Crippen LogP contribution in [0.3, 0.4) is 0 Å². The van der Waals surface area contributed by atoms with Gasteiger partial charge in [0.15, 0.2) is 12.3 Å². The molecule has 1 aliphatic rings. The number of unbranched alkanes of at least 4 members (excludes halogenated alkanes) is 13. The number of anilines is 1. The Kier molecular flexibility index (Phi) is 35.3. The first-order valence-electron chi connectivity index (χ1n) is 26.3. The van der Waals surface area contributed by atoms with E-state index in [0.717, 1.165) is 68.6 Å². The van der Waals surface area contributed by atoms with Gasteiger partial charge in [-0.1, -0.05) is 151 Å². The number of aromatic nitrogens is 2. The van der Waals surface area contributed by atoms with Gasteiger partial charge in [0.2, 0.25) is 0 Å². The van der Waals surface area contributed by atoms with Crippen LogP contribution in [0.4, 0.5) is 5.82 Å².